The van der Waals surface area contributed by atoms with E-state index < -0.39 is 0 Å². The number of nitrogens with zero attached hydrogens (tertiary/aromatic N) is 1. The highest BCUT2D eigenvalue weighted by atomic mass is 16.5. The maximum atomic E-state index is 6.35. The molecular formula is C25H27N3O. The quantitative estimate of drug-likeness (QED) is 0.401. The van der Waals surface area contributed by atoms with Crippen LogP contribution in [0.4, 0.5) is 11.4 Å². The van der Waals surface area contributed by atoms with Gasteiger partial charge in [0, 0.05) is 23.4 Å². The average Bonchev–Trinajstić information content (AvgIpc) is 2.77. The van der Waals surface area contributed by atoms with Gasteiger partial charge in [-0.2, -0.15) is 0 Å². The lowest BCUT2D eigenvalue weighted by Gasteiger charge is -2.26. The number of rotatable bonds is 7. The fraction of sp³-hybridized carbons (Fsp3) is 0.240. The molecule has 2 aromatic carbocycles. The molecule has 1 aromatic heterocycles. The smallest absolute Gasteiger partial charge is 0.158 e. The molecule has 4 rings (SSSR count). The second-order valence-corrected chi connectivity index (χ2v) is 7.16. The molecule has 1 unspecified atom stereocenters. The van der Waals surface area contributed by atoms with E-state index in [0.29, 0.717) is 6.04 Å². The van der Waals surface area contributed by atoms with Gasteiger partial charge in [0.25, 0.3) is 0 Å². The number of pyridine rings is 1. The lowest BCUT2D eigenvalue weighted by Crippen LogP contribution is -2.27. The molecule has 148 valence electrons. The van der Waals surface area contributed by atoms with E-state index in [1.165, 1.54) is 5.57 Å². The summed E-state index contributed by atoms with van der Waals surface area (Å²) in [5, 5.41) is 7.02. The number of ether oxygens (including phenoxy) is 1. The Hall–Kier alpha value is -3.11. The minimum absolute atomic E-state index is 0.475. The second-order valence-electron chi connectivity index (χ2n) is 7.16. The van der Waals surface area contributed by atoms with Gasteiger partial charge in [0.15, 0.2) is 5.75 Å². The topological polar surface area (TPSA) is 46.2 Å². The van der Waals surface area contributed by atoms with Crippen molar-refractivity contribution >= 4 is 16.9 Å². The molecule has 0 radical (unpaired) electrons. The fourth-order valence-corrected chi connectivity index (χ4v) is 3.75. The lowest BCUT2D eigenvalue weighted by atomic mass is 9.91. The van der Waals surface area contributed by atoms with Crippen molar-refractivity contribution in [1.82, 2.24) is 10.3 Å². The molecular weight excluding hydrogens is 358 g/mol. The first-order chi connectivity index (χ1) is 14.3. The molecule has 4 heteroatoms. The molecule has 0 saturated heterocycles. The van der Waals surface area contributed by atoms with E-state index in [1.54, 1.807) is 6.20 Å². The predicted molar refractivity (Wildman–Crippen MR) is 120 cm³/mol. The van der Waals surface area contributed by atoms with E-state index in [9.17, 15) is 0 Å². The zero-order chi connectivity index (χ0) is 20.1. The Kier molecular flexibility index (Phi) is 5.92. The van der Waals surface area contributed by atoms with Crippen LogP contribution < -0.4 is 15.4 Å². The van der Waals surface area contributed by atoms with Crippen molar-refractivity contribution < 1.29 is 4.74 Å². The molecule has 0 amide bonds. The molecule has 4 nitrogen and oxygen atoms in total. The molecule has 3 aromatic rings. The molecule has 2 N–H and O–H groups in total. The van der Waals surface area contributed by atoms with Gasteiger partial charge in [0.05, 0.1) is 17.6 Å². The van der Waals surface area contributed by atoms with Gasteiger partial charge < -0.3 is 15.4 Å². The molecule has 0 fully saturated rings. The molecule has 0 saturated carbocycles. The van der Waals surface area contributed by atoms with Gasteiger partial charge >= 0.3 is 0 Å². The van der Waals surface area contributed by atoms with Crippen LogP contribution in [0, 0.1) is 0 Å². The van der Waals surface area contributed by atoms with Crippen LogP contribution in [-0.2, 0) is 0 Å². The van der Waals surface area contributed by atoms with Crippen LogP contribution in [0.2, 0.25) is 0 Å². The predicted octanol–water partition coefficient (Wildman–Crippen LogP) is 6.14. The van der Waals surface area contributed by atoms with E-state index in [4.69, 9.17) is 4.74 Å². The Balaban J connectivity index is 1.75. The number of hydrogen-bond donors (Lipinski definition) is 2. The Morgan fingerprint density at radius 2 is 1.86 bits per heavy atom. The first-order valence-electron chi connectivity index (χ1n) is 10.3. The molecule has 1 aliphatic rings. The van der Waals surface area contributed by atoms with Gasteiger partial charge in [-0.1, -0.05) is 50.3 Å². The van der Waals surface area contributed by atoms with E-state index in [-0.39, 0.29) is 0 Å². The molecule has 1 aliphatic heterocycles. The van der Waals surface area contributed by atoms with Gasteiger partial charge in [-0.15, -0.1) is 0 Å². The Bertz CT molecular complexity index is 998. The number of anilines is 2. The normalized spacial score (nSPS) is 14.6. The highest BCUT2D eigenvalue weighted by molar-refractivity contribution is 5.91. The number of fused-ring (bicyclic) bond motifs is 2. The van der Waals surface area contributed by atoms with Crippen molar-refractivity contribution in [2.75, 3.05) is 11.9 Å². The molecule has 0 bridgehead atoms. The number of aromatic nitrogens is 1. The Morgan fingerprint density at radius 1 is 1.00 bits per heavy atom. The van der Waals surface area contributed by atoms with E-state index in [2.05, 4.69) is 59.8 Å². The molecule has 1 atom stereocenters. The third-order valence-electron chi connectivity index (χ3n) is 5.23. The zero-order valence-electron chi connectivity index (χ0n) is 17.0. The largest absolute Gasteiger partial charge is 0.454 e. The van der Waals surface area contributed by atoms with Crippen molar-refractivity contribution in [3.63, 3.8) is 0 Å². The summed E-state index contributed by atoms with van der Waals surface area (Å²) in [6.45, 7) is 5.37. The Morgan fingerprint density at radius 3 is 2.66 bits per heavy atom. The number of benzene rings is 2. The van der Waals surface area contributed by atoms with Crippen LogP contribution >= 0.6 is 0 Å². The molecule has 29 heavy (non-hydrogen) atoms. The Labute approximate surface area is 172 Å². The summed E-state index contributed by atoms with van der Waals surface area (Å²) in [5.74, 6) is 1.75. The van der Waals surface area contributed by atoms with Crippen LogP contribution in [0.5, 0.6) is 11.5 Å². The van der Waals surface area contributed by atoms with Gasteiger partial charge in [-0.3, -0.25) is 4.98 Å². The van der Waals surface area contributed by atoms with Crippen LogP contribution in [0.1, 0.15) is 37.8 Å². The summed E-state index contributed by atoms with van der Waals surface area (Å²) in [4.78, 5) is 4.20. The van der Waals surface area contributed by atoms with Crippen LogP contribution in [-0.4, -0.2) is 17.6 Å². The van der Waals surface area contributed by atoms with E-state index in [1.807, 2.05) is 36.5 Å². The highest BCUT2D eigenvalue weighted by Crippen LogP contribution is 2.47. The minimum atomic E-state index is 0.475. The lowest BCUT2D eigenvalue weighted by molar-refractivity contribution is 0.475. The van der Waals surface area contributed by atoms with Crippen molar-refractivity contribution in [3.8, 4) is 11.5 Å². The zero-order valence-corrected chi connectivity index (χ0v) is 17.0. The fourth-order valence-electron chi connectivity index (χ4n) is 3.75. The third-order valence-corrected chi connectivity index (χ3v) is 5.23. The third kappa shape index (κ3) is 4.17. The first kappa shape index (κ1) is 19.2. The summed E-state index contributed by atoms with van der Waals surface area (Å²) in [6.07, 6.45) is 8.02. The van der Waals surface area contributed by atoms with Gasteiger partial charge in [-0.05, 0) is 49.2 Å². The van der Waals surface area contributed by atoms with Crippen molar-refractivity contribution in [2.45, 2.75) is 32.7 Å². The second kappa shape index (κ2) is 8.93. The number of hydrogen-bond acceptors (Lipinski definition) is 4. The van der Waals surface area contributed by atoms with Crippen LogP contribution in [0.25, 0.3) is 5.57 Å². The van der Waals surface area contributed by atoms with Crippen molar-refractivity contribution in [2.24, 2.45) is 0 Å². The van der Waals surface area contributed by atoms with Gasteiger partial charge in [0.2, 0.25) is 0 Å². The SMILES string of the molecule is CCNC(CC)C/C=C1\c2ccccc2Oc2c(Nc3cccnc3)cccc21. The summed E-state index contributed by atoms with van der Waals surface area (Å²) in [5.41, 5.74) is 5.36. The monoisotopic (exact) mass is 385 g/mol. The standard InChI is InChI=1S/C25H27N3O/c1-3-18(27-4-2)14-15-20-21-10-5-6-13-24(21)29-25-22(20)11-7-12-23(25)28-19-9-8-16-26-17-19/h5-13,15-18,27-28H,3-4,14H2,1-2H3/b20-15+. The summed E-state index contributed by atoms with van der Waals surface area (Å²) in [6, 6.07) is 18.9. The summed E-state index contributed by atoms with van der Waals surface area (Å²) in [7, 11) is 0. The van der Waals surface area contributed by atoms with Crippen LogP contribution in [0.15, 0.2) is 73.1 Å². The molecule has 2 heterocycles. The van der Waals surface area contributed by atoms with Gasteiger partial charge in [-0.25, -0.2) is 0 Å². The minimum Gasteiger partial charge on any atom is -0.454 e. The average molecular weight is 386 g/mol. The number of nitrogens with one attached hydrogen (secondary N) is 2. The molecule has 0 aliphatic carbocycles. The first-order valence-corrected chi connectivity index (χ1v) is 10.3. The van der Waals surface area contributed by atoms with Crippen molar-refractivity contribution in [1.29, 1.82) is 0 Å². The summed E-state index contributed by atoms with van der Waals surface area (Å²) < 4.78 is 6.35. The van der Waals surface area contributed by atoms with E-state index in [0.717, 1.165) is 53.4 Å². The van der Waals surface area contributed by atoms with Crippen LogP contribution in [0.3, 0.4) is 0 Å². The van der Waals surface area contributed by atoms with Gasteiger partial charge in [0.1, 0.15) is 5.75 Å². The maximum Gasteiger partial charge on any atom is 0.158 e. The van der Waals surface area contributed by atoms with E-state index >= 15 is 0 Å². The maximum absolute atomic E-state index is 6.35. The van der Waals surface area contributed by atoms with Crippen molar-refractivity contribution in [3.05, 3.63) is 84.2 Å². The summed E-state index contributed by atoms with van der Waals surface area (Å²) >= 11 is 0. The highest BCUT2D eigenvalue weighted by Gasteiger charge is 2.24. The molecule has 0 spiro atoms. The number of para-hydroxylation sites is 2.